The topological polar surface area (TPSA) is 68.4 Å². The van der Waals surface area contributed by atoms with E-state index in [1.54, 1.807) is 13.8 Å². The van der Waals surface area contributed by atoms with E-state index in [4.69, 9.17) is 9.47 Å². The van der Waals surface area contributed by atoms with Crippen molar-refractivity contribution < 1.29 is 19.1 Å². The third kappa shape index (κ3) is 3.51. The lowest BCUT2D eigenvalue weighted by Gasteiger charge is -2.05. The van der Waals surface area contributed by atoms with Gasteiger partial charge in [0.25, 0.3) is 0 Å². The molecule has 1 aromatic heterocycles. The van der Waals surface area contributed by atoms with Crippen molar-refractivity contribution in [3.63, 3.8) is 0 Å². The number of rotatable bonds is 5. The maximum atomic E-state index is 11.9. The highest BCUT2D eigenvalue weighted by molar-refractivity contribution is 6.17. The summed E-state index contributed by atoms with van der Waals surface area (Å²) in [4.78, 5) is 26.9. The molecule has 0 atom stereocenters. The Morgan fingerprint density at radius 1 is 1.10 bits per heavy atom. The third-order valence-corrected chi connectivity index (χ3v) is 2.84. The predicted octanol–water partition coefficient (Wildman–Crippen LogP) is 2.68. The van der Waals surface area contributed by atoms with Crippen LogP contribution in [0.15, 0.2) is 35.9 Å². The van der Waals surface area contributed by atoms with Crippen LogP contribution in [0.2, 0.25) is 0 Å². The van der Waals surface area contributed by atoms with Crippen LogP contribution in [0.1, 0.15) is 19.5 Å². The van der Waals surface area contributed by atoms with Crippen LogP contribution in [0, 0.1) is 0 Å². The number of carbonyl (C=O) groups excluding carboxylic acids is 2. The third-order valence-electron chi connectivity index (χ3n) is 2.84. The lowest BCUT2D eigenvalue weighted by atomic mass is 10.2. The lowest BCUT2D eigenvalue weighted by molar-refractivity contribution is -0.146. The van der Waals surface area contributed by atoms with Crippen LogP contribution in [-0.4, -0.2) is 30.1 Å². The van der Waals surface area contributed by atoms with E-state index in [-0.39, 0.29) is 18.8 Å². The highest BCUT2D eigenvalue weighted by atomic mass is 16.6. The largest absolute Gasteiger partial charge is 0.462 e. The second kappa shape index (κ2) is 6.74. The molecule has 0 unspecified atom stereocenters. The number of benzene rings is 1. The van der Waals surface area contributed by atoms with Crippen LogP contribution >= 0.6 is 0 Å². The van der Waals surface area contributed by atoms with Gasteiger partial charge in [-0.1, -0.05) is 18.2 Å². The fourth-order valence-electron chi connectivity index (χ4n) is 1.95. The fourth-order valence-corrected chi connectivity index (χ4v) is 1.95. The summed E-state index contributed by atoms with van der Waals surface area (Å²) in [6.07, 6.45) is 1.45. The van der Waals surface area contributed by atoms with Crippen molar-refractivity contribution in [1.82, 2.24) is 4.98 Å². The summed E-state index contributed by atoms with van der Waals surface area (Å²) in [7, 11) is 0. The first-order chi connectivity index (χ1) is 10.2. The number of hydrogen-bond acceptors (Lipinski definition) is 4. The van der Waals surface area contributed by atoms with E-state index in [0.29, 0.717) is 5.69 Å². The number of esters is 2. The number of nitrogens with one attached hydrogen (secondary N) is 1. The van der Waals surface area contributed by atoms with Gasteiger partial charge in [0.1, 0.15) is 5.57 Å². The molecule has 0 bridgehead atoms. The van der Waals surface area contributed by atoms with Gasteiger partial charge in [0.05, 0.1) is 13.2 Å². The predicted molar refractivity (Wildman–Crippen MR) is 79.5 cm³/mol. The SMILES string of the molecule is CCOC(=O)C(=Cc1cc2ccccc2[nH]1)C(=O)OCC. The van der Waals surface area contributed by atoms with Crippen molar-refractivity contribution in [2.75, 3.05) is 13.2 Å². The number of para-hydroxylation sites is 1. The van der Waals surface area contributed by atoms with Gasteiger partial charge >= 0.3 is 11.9 Å². The average molecular weight is 287 g/mol. The van der Waals surface area contributed by atoms with Crippen LogP contribution in [-0.2, 0) is 19.1 Å². The first-order valence-electron chi connectivity index (χ1n) is 6.79. The Labute approximate surface area is 122 Å². The molecule has 21 heavy (non-hydrogen) atoms. The fraction of sp³-hybridized carbons (Fsp3) is 0.250. The smallest absolute Gasteiger partial charge is 0.345 e. The molecule has 2 rings (SSSR count). The Hall–Kier alpha value is -2.56. The minimum absolute atomic E-state index is 0.120. The van der Waals surface area contributed by atoms with Gasteiger partial charge in [-0.2, -0.15) is 0 Å². The number of H-pyrrole nitrogens is 1. The molecule has 0 aliphatic carbocycles. The van der Waals surface area contributed by atoms with Crippen molar-refractivity contribution >= 4 is 28.9 Å². The Morgan fingerprint density at radius 3 is 2.29 bits per heavy atom. The second-order valence-electron chi connectivity index (χ2n) is 4.31. The lowest BCUT2D eigenvalue weighted by Crippen LogP contribution is -2.18. The molecule has 1 N–H and O–H groups in total. The molecule has 2 aromatic rings. The van der Waals surface area contributed by atoms with Crippen LogP contribution < -0.4 is 0 Å². The Bertz CT molecular complexity index is 631. The number of hydrogen-bond donors (Lipinski definition) is 1. The molecule has 0 fully saturated rings. The maximum absolute atomic E-state index is 11.9. The number of ether oxygens (including phenoxy) is 2. The quantitative estimate of drug-likeness (QED) is 0.397. The van der Waals surface area contributed by atoms with Gasteiger partial charge in [-0.3, -0.25) is 0 Å². The molecular weight excluding hydrogens is 270 g/mol. The van der Waals surface area contributed by atoms with Crippen molar-refractivity contribution in [1.29, 1.82) is 0 Å². The van der Waals surface area contributed by atoms with E-state index >= 15 is 0 Å². The monoisotopic (exact) mass is 287 g/mol. The Kier molecular flexibility index (Phi) is 4.77. The van der Waals surface area contributed by atoms with Crippen molar-refractivity contribution in [2.45, 2.75) is 13.8 Å². The van der Waals surface area contributed by atoms with E-state index in [9.17, 15) is 9.59 Å². The summed E-state index contributed by atoms with van der Waals surface area (Å²) in [5, 5.41) is 0.996. The van der Waals surface area contributed by atoms with Crippen LogP contribution in [0.5, 0.6) is 0 Å². The molecule has 0 aliphatic heterocycles. The molecule has 5 nitrogen and oxygen atoms in total. The van der Waals surface area contributed by atoms with Crippen LogP contribution in [0.4, 0.5) is 0 Å². The summed E-state index contributed by atoms with van der Waals surface area (Å²) in [6.45, 7) is 3.76. The molecule has 0 spiro atoms. The van der Waals surface area contributed by atoms with Crippen LogP contribution in [0.3, 0.4) is 0 Å². The van der Waals surface area contributed by atoms with E-state index in [1.165, 1.54) is 6.08 Å². The number of aromatic nitrogens is 1. The molecular formula is C16H17NO4. The van der Waals surface area contributed by atoms with Gasteiger partial charge in [0.2, 0.25) is 0 Å². The average Bonchev–Trinajstić information content (AvgIpc) is 2.87. The number of aromatic amines is 1. The molecule has 0 saturated carbocycles. The number of carbonyl (C=O) groups is 2. The summed E-state index contributed by atoms with van der Waals surface area (Å²) in [5.41, 5.74) is 1.45. The maximum Gasteiger partial charge on any atom is 0.345 e. The van der Waals surface area contributed by atoms with Gasteiger partial charge in [0, 0.05) is 11.2 Å². The molecule has 110 valence electrons. The zero-order chi connectivity index (χ0) is 15.2. The zero-order valence-electron chi connectivity index (χ0n) is 12.0. The molecule has 1 heterocycles. The van der Waals surface area contributed by atoms with Gasteiger partial charge in [0.15, 0.2) is 0 Å². The summed E-state index contributed by atoms with van der Waals surface area (Å²) >= 11 is 0. The van der Waals surface area contributed by atoms with Gasteiger partial charge in [-0.25, -0.2) is 9.59 Å². The molecule has 0 radical (unpaired) electrons. The second-order valence-corrected chi connectivity index (χ2v) is 4.31. The zero-order valence-corrected chi connectivity index (χ0v) is 12.0. The van der Waals surface area contributed by atoms with Crippen LogP contribution in [0.25, 0.3) is 17.0 Å². The van der Waals surface area contributed by atoms with Gasteiger partial charge in [-0.05, 0) is 37.4 Å². The normalized spacial score (nSPS) is 10.2. The molecule has 0 amide bonds. The summed E-state index contributed by atoms with van der Waals surface area (Å²) in [6, 6.07) is 9.54. The first-order valence-corrected chi connectivity index (χ1v) is 6.79. The highest BCUT2D eigenvalue weighted by Crippen LogP contribution is 2.17. The molecule has 5 heteroatoms. The molecule has 1 aromatic carbocycles. The summed E-state index contributed by atoms with van der Waals surface area (Å²) in [5.74, 6) is -1.37. The van der Waals surface area contributed by atoms with E-state index in [0.717, 1.165) is 10.9 Å². The summed E-state index contributed by atoms with van der Waals surface area (Å²) < 4.78 is 9.79. The minimum Gasteiger partial charge on any atom is -0.462 e. The Morgan fingerprint density at radius 2 is 1.71 bits per heavy atom. The van der Waals surface area contributed by atoms with Crippen molar-refractivity contribution in [3.8, 4) is 0 Å². The van der Waals surface area contributed by atoms with E-state index in [2.05, 4.69) is 4.98 Å². The Balaban J connectivity index is 2.38. The van der Waals surface area contributed by atoms with E-state index < -0.39 is 11.9 Å². The standard InChI is InChI=1S/C16H17NO4/c1-3-20-15(18)13(16(19)21-4-2)10-12-9-11-7-5-6-8-14(11)17-12/h5-10,17H,3-4H2,1-2H3. The minimum atomic E-state index is -0.686. The van der Waals surface area contributed by atoms with Gasteiger partial charge in [-0.15, -0.1) is 0 Å². The first kappa shape index (κ1) is 14.8. The highest BCUT2D eigenvalue weighted by Gasteiger charge is 2.21. The van der Waals surface area contributed by atoms with E-state index in [1.807, 2.05) is 30.3 Å². The van der Waals surface area contributed by atoms with Gasteiger partial charge < -0.3 is 14.5 Å². The number of fused-ring (bicyclic) bond motifs is 1. The molecule has 0 saturated heterocycles. The van der Waals surface area contributed by atoms with Crippen molar-refractivity contribution in [3.05, 3.63) is 41.6 Å². The molecule has 0 aliphatic rings. The van der Waals surface area contributed by atoms with Crippen molar-refractivity contribution in [2.24, 2.45) is 0 Å².